The highest BCUT2D eigenvalue weighted by Gasteiger charge is 2.22. The molecule has 1 saturated heterocycles. The molecule has 9 heteroatoms. The predicted molar refractivity (Wildman–Crippen MR) is 67.6 cm³/mol. The van der Waals surface area contributed by atoms with Crippen LogP contribution in [0.2, 0.25) is 5.15 Å². The Bertz CT molecular complexity index is 467. The average molecular weight is 289 g/mol. The SMILES string of the molecule is O=[N+]([O-])/N=C1\SCCON1Cc1ccc(Cl)nc1. The van der Waals surface area contributed by atoms with Gasteiger partial charge >= 0.3 is 0 Å². The van der Waals surface area contributed by atoms with Crippen LogP contribution in [0.3, 0.4) is 0 Å². The van der Waals surface area contributed by atoms with Crippen molar-refractivity contribution in [3.63, 3.8) is 0 Å². The van der Waals surface area contributed by atoms with E-state index in [1.54, 1.807) is 18.3 Å². The highest BCUT2D eigenvalue weighted by atomic mass is 35.5. The van der Waals surface area contributed by atoms with E-state index in [1.807, 2.05) is 0 Å². The summed E-state index contributed by atoms with van der Waals surface area (Å²) in [5, 5.41) is 15.0. The summed E-state index contributed by atoms with van der Waals surface area (Å²) in [7, 11) is 0. The van der Waals surface area contributed by atoms with Gasteiger partial charge in [0.1, 0.15) is 5.15 Å². The van der Waals surface area contributed by atoms with Crippen molar-refractivity contribution in [3.8, 4) is 0 Å². The van der Waals surface area contributed by atoms with E-state index in [4.69, 9.17) is 16.4 Å². The third-order valence-corrected chi connectivity index (χ3v) is 3.19. The molecule has 2 heterocycles. The summed E-state index contributed by atoms with van der Waals surface area (Å²) in [6.07, 6.45) is 1.59. The van der Waals surface area contributed by atoms with Crippen LogP contribution in [-0.2, 0) is 11.4 Å². The lowest BCUT2D eigenvalue weighted by atomic mass is 10.3. The van der Waals surface area contributed by atoms with Crippen molar-refractivity contribution in [2.24, 2.45) is 5.10 Å². The number of hydroxylamine groups is 2. The maximum absolute atomic E-state index is 10.4. The summed E-state index contributed by atoms with van der Waals surface area (Å²) < 4.78 is 0. The second kappa shape index (κ2) is 5.98. The zero-order valence-corrected chi connectivity index (χ0v) is 10.7. The van der Waals surface area contributed by atoms with Crippen LogP contribution in [0.5, 0.6) is 0 Å². The smallest absolute Gasteiger partial charge is 0.261 e. The van der Waals surface area contributed by atoms with Gasteiger partial charge in [0.15, 0.2) is 5.03 Å². The van der Waals surface area contributed by atoms with Crippen LogP contribution in [-0.4, -0.2) is 32.6 Å². The number of hydrogen-bond acceptors (Lipinski definition) is 5. The topological polar surface area (TPSA) is 80.9 Å². The van der Waals surface area contributed by atoms with Crippen LogP contribution in [0.4, 0.5) is 0 Å². The van der Waals surface area contributed by atoms with Crippen LogP contribution in [0.15, 0.2) is 23.4 Å². The monoisotopic (exact) mass is 288 g/mol. The summed E-state index contributed by atoms with van der Waals surface area (Å²) in [5.41, 5.74) is 0.831. The zero-order valence-electron chi connectivity index (χ0n) is 9.15. The molecule has 0 bridgehead atoms. The molecule has 18 heavy (non-hydrogen) atoms. The van der Waals surface area contributed by atoms with Gasteiger partial charge in [-0.2, -0.15) is 0 Å². The molecule has 0 atom stereocenters. The molecule has 7 nitrogen and oxygen atoms in total. The standard InChI is InChI=1S/C9H9ClN4O3S/c10-8-2-1-7(5-11-8)6-13-9(12-14(15)16)18-4-3-17-13/h1-2,5H,3-4,6H2/b12-9-. The molecule has 0 aliphatic carbocycles. The summed E-state index contributed by atoms with van der Waals surface area (Å²) in [5.74, 6) is 0.641. The third-order valence-electron chi connectivity index (χ3n) is 2.06. The van der Waals surface area contributed by atoms with Crippen molar-refractivity contribution in [1.82, 2.24) is 10.0 Å². The first kappa shape index (κ1) is 13.1. The number of aromatic nitrogens is 1. The van der Waals surface area contributed by atoms with E-state index in [0.717, 1.165) is 5.56 Å². The van der Waals surface area contributed by atoms with E-state index in [9.17, 15) is 10.1 Å². The maximum atomic E-state index is 10.4. The van der Waals surface area contributed by atoms with Crippen molar-refractivity contribution in [2.75, 3.05) is 12.4 Å². The summed E-state index contributed by atoms with van der Waals surface area (Å²) >= 11 is 6.96. The lowest BCUT2D eigenvalue weighted by Crippen LogP contribution is -2.34. The van der Waals surface area contributed by atoms with Crippen molar-refractivity contribution in [2.45, 2.75) is 6.54 Å². The van der Waals surface area contributed by atoms with E-state index in [0.29, 0.717) is 24.1 Å². The molecule has 1 aromatic heterocycles. The van der Waals surface area contributed by atoms with Gasteiger partial charge in [-0.25, -0.2) is 20.2 Å². The van der Waals surface area contributed by atoms with Crippen LogP contribution in [0, 0.1) is 10.1 Å². The fraction of sp³-hybridized carbons (Fsp3) is 0.333. The van der Waals surface area contributed by atoms with Gasteiger partial charge in [-0.05, 0) is 11.6 Å². The van der Waals surface area contributed by atoms with E-state index in [1.165, 1.54) is 16.8 Å². The number of pyridine rings is 1. The highest BCUT2D eigenvalue weighted by molar-refractivity contribution is 8.13. The Morgan fingerprint density at radius 3 is 3.17 bits per heavy atom. The fourth-order valence-electron chi connectivity index (χ4n) is 1.34. The molecule has 0 aromatic carbocycles. The molecule has 0 saturated carbocycles. The Hall–Kier alpha value is -1.38. The molecule has 2 rings (SSSR count). The molecular formula is C9H9ClN4O3S. The highest BCUT2D eigenvalue weighted by Crippen LogP contribution is 2.19. The number of nitro groups is 1. The normalized spacial score (nSPS) is 18.1. The predicted octanol–water partition coefficient (Wildman–Crippen LogP) is 1.76. The Balaban J connectivity index is 2.10. The van der Waals surface area contributed by atoms with Gasteiger partial charge in [-0.15, -0.1) is 0 Å². The van der Waals surface area contributed by atoms with Crippen LogP contribution >= 0.6 is 23.4 Å². The van der Waals surface area contributed by atoms with Crippen molar-refractivity contribution >= 4 is 28.5 Å². The first-order valence-corrected chi connectivity index (χ1v) is 6.38. The lowest BCUT2D eigenvalue weighted by Gasteiger charge is -2.26. The average Bonchev–Trinajstić information content (AvgIpc) is 2.34. The molecule has 1 aliphatic rings. The Morgan fingerprint density at radius 1 is 1.67 bits per heavy atom. The van der Waals surface area contributed by atoms with E-state index >= 15 is 0 Å². The Morgan fingerprint density at radius 2 is 2.50 bits per heavy atom. The van der Waals surface area contributed by atoms with Crippen molar-refractivity contribution in [3.05, 3.63) is 39.2 Å². The van der Waals surface area contributed by atoms with Crippen molar-refractivity contribution in [1.29, 1.82) is 0 Å². The first-order chi connectivity index (χ1) is 8.65. The second-order valence-corrected chi connectivity index (χ2v) is 4.78. The lowest BCUT2D eigenvalue weighted by molar-refractivity contribution is -0.485. The van der Waals surface area contributed by atoms with Gasteiger partial charge in [0, 0.05) is 11.9 Å². The zero-order chi connectivity index (χ0) is 13.0. The molecule has 0 N–H and O–H groups in total. The molecule has 0 unspecified atom stereocenters. The van der Waals surface area contributed by atoms with Crippen LogP contribution < -0.4 is 0 Å². The summed E-state index contributed by atoms with van der Waals surface area (Å²) in [6, 6.07) is 3.43. The van der Waals surface area contributed by atoms with Gasteiger partial charge in [0.05, 0.1) is 18.3 Å². The molecule has 1 fully saturated rings. The number of thioether (sulfide) groups is 1. The third kappa shape index (κ3) is 3.56. The number of nitrogens with zero attached hydrogens (tertiary/aromatic N) is 4. The summed E-state index contributed by atoms with van der Waals surface area (Å²) in [6.45, 7) is 0.826. The van der Waals surface area contributed by atoms with Gasteiger partial charge in [0.2, 0.25) is 0 Å². The number of halogens is 1. The number of rotatable bonds is 3. The number of amidine groups is 1. The molecule has 1 aliphatic heterocycles. The largest absolute Gasteiger partial charge is 0.270 e. The van der Waals surface area contributed by atoms with Gasteiger partial charge < -0.3 is 0 Å². The molecule has 96 valence electrons. The van der Waals surface area contributed by atoms with Crippen LogP contribution in [0.1, 0.15) is 5.56 Å². The van der Waals surface area contributed by atoms with E-state index in [-0.39, 0.29) is 5.17 Å². The quantitative estimate of drug-likeness (QED) is 0.479. The molecule has 0 radical (unpaired) electrons. The minimum Gasteiger partial charge on any atom is -0.270 e. The minimum absolute atomic E-state index is 0.237. The minimum atomic E-state index is -0.732. The number of hydrogen-bond donors (Lipinski definition) is 0. The molecular weight excluding hydrogens is 280 g/mol. The Labute approximate surface area is 112 Å². The fourth-order valence-corrected chi connectivity index (χ4v) is 2.17. The van der Waals surface area contributed by atoms with Crippen LogP contribution in [0.25, 0.3) is 0 Å². The molecule has 0 amide bonds. The van der Waals surface area contributed by atoms with Gasteiger partial charge in [0.25, 0.3) is 5.17 Å². The van der Waals surface area contributed by atoms with E-state index < -0.39 is 5.03 Å². The maximum Gasteiger partial charge on any atom is 0.261 e. The summed E-state index contributed by atoms with van der Waals surface area (Å²) in [4.78, 5) is 19.7. The first-order valence-electron chi connectivity index (χ1n) is 5.02. The molecule has 0 spiro atoms. The van der Waals surface area contributed by atoms with Gasteiger partial charge in [-0.1, -0.05) is 29.4 Å². The van der Waals surface area contributed by atoms with Gasteiger partial charge in [-0.3, -0.25) is 4.84 Å². The Kier molecular flexibility index (Phi) is 4.34. The second-order valence-electron chi connectivity index (χ2n) is 3.33. The number of hydrazone groups is 1. The van der Waals surface area contributed by atoms with E-state index in [2.05, 4.69) is 10.1 Å². The van der Waals surface area contributed by atoms with Crippen molar-refractivity contribution < 1.29 is 9.87 Å². The molecule has 1 aromatic rings.